The summed E-state index contributed by atoms with van der Waals surface area (Å²) in [6, 6.07) is 6.22. The molecule has 1 aromatic carbocycles. The number of amides is 3. The Morgan fingerprint density at radius 2 is 1.91 bits per heavy atom. The quantitative estimate of drug-likeness (QED) is 0.864. The number of hydrogen-bond acceptors (Lipinski definition) is 3. The highest BCUT2D eigenvalue weighted by atomic mass is 19.1. The largest absolute Gasteiger partial charge is 0.479 e. The molecule has 7 nitrogen and oxygen atoms in total. The standard InChI is InChI=1S/C15H16FN3O4/c16-15(13(21)22)5-7-18(9-15)12(20)10-1-3-11(4-2-10)19-8-6-17-14(19)23/h1-4H,5-9H2,(H,17,23)(H,21,22). The molecule has 122 valence electrons. The summed E-state index contributed by atoms with van der Waals surface area (Å²) in [7, 11) is 0. The van der Waals surface area contributed by atoms with Gasteiger partial charge >= 0.3 is 12.0 Å². The molecule has 2 heterocycles. The van der Waals surface area contributed by atoms with Crippen molar-refractivity contribution in [2.45, 2.75) is 12.1 Å². The summed E-state index contributed by atoms with van der Waals surface area (Å²) in [6.45, 7) is 0.748. The fourth-order valence-corrected chi connectivity index (χ4v) is 2.81. The fourth-order valence-electron chi connectivity index (χ4n) is 2.81. The first-order valence-corrected chi connectivity index (χ1v) is 7.28. The number of hydrogen-bond donors (Lipinski definition) is 2. The Bertz CT molecular complexity index is 663. The lowest BCUT2D eigenvalue weighted by molar-refractivity contribution is -0.149. The maximum atomic E-state index is 14.0. The van der Waals surface area contributed by atoms with Gasteiger partial charge in [-0.15, -0.1) is 0 Å². The summed E-state index contributed by atoms with van der Waals surface area (Å²) < 4.78 is 14.0. The highest BCUT2D eigenvalue weighted by molar-refractivity contribution is 5.97. The molecule has 1 unspecified atom stereocenters. The number of carbonyl (C=O) groups is 3. The van der Waals surface area contributed by atoms with E-state index >= 15 is 0 Å². The average Bonchev–Trinajstić information content (AvgIpc) is 3.14. The number of benzene rings is 1. The van der Waals surface area contributed by atoms with Gasteiger partial charge in [-0.05, 0) is 24.3 Å². The molecule has 0 radical (unpaired) electrons. The van der Waals surface area contributed by atoms with Crippen LogP contribution in [0.4, 0.5) is 14.9 Å². The Hall–Kier alpha value is -2.64. The van der Waals surface area contributed by atoms with E-state index in [0.29, 0.717) is 24.3 Å². The number of nitrogens with one attached hydrogen (secondary N) is 1. The van der Waals surface area contributed by atoms with E-state index in [2.05, 4.69) is 5.32 Å². The SMILES string of the molecule is O=C(c1ccc(N2CCNC2=O)cc1)N1CCC(F)(C(=O)O)C1. The van der Waals surface area contributed by atoms with Gasteiger partial charge in [-0.2, -0.15) is 0 Å². The minimum atomic E-state index is -2.37. The van der Waals surface area contributed by atoms with Gasteiger partial charge in [0.25, 0.3) is 5.91 Å². The number of carboxylic acids is 1. The molecule has 2 aliphatic rings. The van der Waals surface area contributed by atoms with Crippen LogP contribution in [0.3, 0.4) is 0 Å². The fraction of sp³-hybridized carbons (Fsp3) is 0.400. The van der Waals surface area contributed by atoms with E-state index in [9.17, 15) is 18.8 Å². The number of likely N-dealkylation sites (tertiary alicyclic amines) is 1. The third kappa shape index (κ3) is 2.71. The molecule has 0 saturated carbocycles. The molecule has 0 aromatic heterocycles. The van der Waals surface area contributed by atoms with Crippen molar-refractivity contribution < 1.29 is 23.9 Å². The lowest BCUT2D eigenvalue weighted by Gasteiger charge is -2.19. The van der Waals surface area contributed by atoms with Crippen LogP contribution in [0.25, 0.3) is 0 Å². The minimum absolute atomic E-state index is 0.0674. The Kier molecular flexibility index (Phi) is 3.67. The summed E-state index contributed by atoms with van der Waals surface area (Å²) in [5.41, 5.74) is -1.37. The Balaban J connectivity index is 1.71. The van der Waals surface area contributed by atoms with Crippen molar-refractivity contribution in [3.05, 3.63) is 29.8 Å². The first-order valence-electron chi connectivity index (χ1n) is 7.28. The van der Waals surface area contributed by atoms with Crippen LogP contribution in [-0.4, -0.2) is 59.8 Å². The number of carboxylic acid groups (broad SMARTS) is 1. The first-order chi connectivity index (χ1) is 10.9. The maximum Gasteiger partial charge on any atom is 0.343 e. The summed E-state index contributed by atoms with van der Waals surface area (Å²) in [5.74, 6) is -1.95. The lowest BCUT2D eigenvalue weighted by Crippen LogP contribution is -2.38. The predicted molar refractivity (Wildman–Crippen MR) is 79.2 cm³/mol. The van der Waals surface area contributed by atoms with Gasteiger partial charge in [0.1, 0.15) is 0 Å². The molecule has 3 amide bonds. The van der Waals surface area contributed by atoms with Gasteiger partial charge in [0, 0.05) is 37.3 Å². The molecule has 0 spiro atoms. The van der Waals surface area contributed by atoms with E-state index in [1.165, 1.54) is 4.90 Å². The Labute approximate surface area is 131 Å². The molecule has 2 N–H and O–H groups in total. The number of anilines is 1. The van der Waals surface area contributed by atoms with Gasteiger partial charge < -0.3 is 15.3 Å². The van der Waals surface area contributed by atoms with Gasteiger partial charge in [0.05, 0.1) is 6.54 Å². The van der Waals surface area contributed by atoms with Crippen LogP contribution in [-0.2, 0) is 4.79 Å². The van der Waals surface area contributed by atoms with Gasteiger partial charge in [-0.1, -0.05) is 0 Å². The molecule has 3 rings (SSSR count). The number of carbonyl (C=O) groups excluding carboxylic acids is 2. The van der Waals surface area contributed by atoms with Crippen molar-refractivity contribution in [3.8, 4) is 0 Å². The molecule has 23 heavy (non-hydrogen) atoms. The summed E-state index contributed by atoms with van der Waals surface area (Å²) in [4.78, 5) is 37.6. The second-order valence-corrected chi connectivity index (χ2v) is 5.68. The third-order valence-corrected chi connectivity index (χ3v) is 4.17. The average molecular weight is 321 g/mol. The van der Waals surface area contributed by atoms with Crippen molar-refractivity contribution >= 4 is 23.6 Å². The topological polar surface area (TPSA) is 90.0 Å². The molecule has 0 bridgehead atoms. The highest BCUT2D eigenvalue weighted by Gasteiger charge is 2.46. The summed E-state index contributed by atoms with van der Waals surface area (Å²) in [6.07, 6.45) is -0.208. The van der Waals surface area contributed by atoms with Crippen LogP contribution in [0.5, 0.6) is 0 Å². The summed E-state index contributed by atoms with van der Waals surface area (Å²) in [5, 5.41) is 11.6. The van der Waals surface area contributed by atoms with E-state index in [1.54, 1.807) is 29.2 Å². The molecule has 2 aliphatic heterocycles. The zero-order valence-electron chi connectivity index (χ0n) is 12.3. The Morgan fingerprint density at radius 3 is 2.43 bits per heavy atom. The number of nitrogens with zero attached hydrogens (tertiary/aromatic N) is 2. The van der Waals surface area contributed by atoms with Gasteiger partial charge in [-0.3, -0.25) is 9.69 Å². The molecule has 2 saturated heterocycles. The highest BCUT2D eigenvalue weighted by Crippen LogP contribution is 2.27. The zero-order valence-corrected chi connectivity index (χ0v) is 12.3. The van der Waals surface area contributed by atoms with Gasteiger partial charge in [-0.25, -0.2) is 14.0 Å². The molecular formula is C15H16FN3O4. The zero-order chi connectivity index (χ0) is 16.6. The smallest absolute Gasteiger partial charge is 0.343 e. The number of rotatable bonds is 3. The molecule has 0 aliphatic carbocycles. The minimum Gasteiger partial charge on any atom is -0.479 e. The van der Waals surface area contributed by atoms with Crippen LogP contribution in [0, 0.1) is 0 Å². The van der Waals surface area contributed by atoms with E-state index in [1.807, 2.05) is 0 Å². The molecule has 1 aromatic rings. The number of alkyl halides is 1. The monoisotopic (exact) mass is 321 g/mol. The van der Waals surface area contributed by atoms with E-state index < -0.39 is 24.1 Å². The number of aliphatic carboxylic acids is 1. The normalized spacial score (nSPS) is 24.0. The van der Waals surface area contributed by atoms with Crippen LogP contribution in [0.1, 0.15) is 16.8 Å². The molecular weight excluding hydrogens is 305 g/mol. The van der Waals surface area contributed by atoms with Crippen LogP contribution in [0.2, 0.25) is 0 Å². The van der Waals surface area contributed by atoms with Crippen molar-refractivity contribution in [3.63, 3.8) is 0 Å². The Morgan fingerprint density at radius 1 is 1.22 bits per heavy atom. The number of urea groups is 1. The second-order valence-electron chi connectivity index (χ2n) is 5.68. The van der Waals surface area contributed by atoms with Crippen molar-refractivity contribution in [2.75, 3.05) is 31.1 Å². The van der Waals surface area contributed by atoms with Crippen LogP contribution in [0.15, 0.2) is 24.3 Å². The third-order valence-electron chi connectivity index (χ3n) is 4.17. The maximum absolute atomic E-state index is 14.0. The lowest BCUT2D eigenvalue weighted by atomic mass is 10.1. The predicted octanol–water partition coefficient (Wildman–Crippen LogP) is 0.855. The van der Waals surface area contributed by atoms with Crippen molar-refractivity contribution in [1.82, 2.24) is 10.2 Å². The van der Waals surface area contributed by atoms with Crippen LogP contribution >= 0.6 is 0 Å². The first kappa shape index (κ1) is 15.3. The second kappa shape index (κ2) is 5.53. The van der Waals surface area contributed by atoms with Crippen molar-refractivity contribution in [2.24, 2.45) is 0 Å². The van der Waals surface area contributed by atoms with Crippen molar-refractivity contribution in [1.29, 1.82) is 0 Å². The summed E-state index contributed by atoms with van der Waals surface area (Å²) >= 11 is 0. The molecule has 1 atom stereocenters. The molecule has 8 heteroatoms. The van der Waals surface area contributed by atoms with E-state index in [4.69, 9.17) is 5.11 Å². The van der Waals surface area contributed by atoms with Gasteiger partial charge in [0.2, 0.25) is 5.67 Å². The molecule has 2 fully saturated rings. The van der Waals surface area contributed by atoms with Gasteiger partial charge in [0.15, 0.2) is 0 Å². The van der Waals surface area contributed by atoms with Crippen LogP contribution < -0.4 is 10.2 Å². The number of halogens is 1. The van der Waals surface area contributed by atoms with E-state index in [0.717, 1.165) is 0 Å². The van der Waals surface area contributed by atoms with E-state index in [-0.39, 0.29) is 19.0 Å².